The Morgan fingerprint density at radius 2 is 2.14 bits per heavy atom. The number of rotatable bonds is 5. The Balaban J connectivity index is 2.27. The first-order valence-corrected chi connectivity index (χ1v) is 9.12. The van der Waals surface area contributed by atoms with E-state index in [1.165, 1.54) is 6.42 Å². The molecule has 2 atom stereocenters. The maximum absolute atomic E-state index is 12.4. The number of hydrogen-bond donors (Lipinski definition) is 0. The van der Waals surface area contributed by atoms with E-state index in [-0.39, 0.29) is 23.4 Å². The van der Waals surface area contributed by atoms with Crippen molar-refractivity contribution >= 4 is 9.84 Å². The highest BCUT2D eigenvalue weighted by Crippen LogP contribution is 2.34. The minimum Gasteiger partial charge on any atom is -0.299 e. The molecule has 1 aromatic rings. The van der Waals surface area contributed by atoms with Crippen molar-refractivity contribution in [3.63, 3.8) is 0 Å². The van der Waals surface area contributed by atoms with Crippen molar-refractivity contribution in [2.75, 3.05) is 5.75 Å². The Kier molecular flexibility index (Phi) is 4.99. The normalized spacial score (nSPS) is 22.9. The van der Waals surface area contributed by atoms with Gasteiger partial charge in [0.1, 0.15) is 5.82 Å². The van der Waals surface area contributed by atoms with Gasteiger partial charge in [-0.15, -0.1) is 10.2 Å². The molecule has 0 bridgehead atoms. The molecule has 116 valence electrons. The third-order valence-corrected chi connectivity index (χ3v) is 5.75. The number of aryl methyl sites for hydroxylation is 1. The summed E-state index contributed by atoms with van der Waals surface area (Å²) < 4.78 is 26.7. The fraction of sp³-hybridized carbons (Fsp3) is 0.786. The first-order chi connectivity index (χ1) is 9.95. The third-order valence-electron chi connectivity index (χ3n) is 4.09. The van der Waals surface area contributed by atoms with E-state index in [1.807, 2.05) is 6.07 Å². The summed E-state index contributed by atoms with van der Waals surface area (Å²) in [7, 11) is -3.47. The van der Waals surface area contributed by atoms with Crippen molar-refractivity contribution in [1.29, 1.82) is 5.26 Å². The predicted octanol–water partition coefficient (Wildman–Crippen LogP) is 2.42. The largest absolute Gasteiger partial charge is 0.299 e. The summed E-state index contributed by atoms with van der Waals surface area (Å²) in [6.07, 6.45) is 4.83. The molecular weight excluding hydrogens is 288 g/mol. The van der Waals surface area contributed by atoms with Crippen LogP contribution in [-0.4, -0.2) is 28.9 Å². The van der Waals surface area contributed by atoms with E-state index in [1.54, 1.807) is 11.5 Å². The van der Waals surface area contributed by atoms with Gasteiger partial charge in [0.05, 0.1) is 11.8 Å². The van der Waals surface area contributed by atoms with Crippen LogP contribution in [0.2, 0.25) is 0 Å². The second-order valence-electron chi connectivity index (χ2n) is 5.91. The summed E-state index contributed by atoms with van der Waals surface area (Å²) >= 11 is 0. The molecule has 21 heavy (non-hydrogen) atoms. The Morgan fingerprint density at radius 3 is 2.81 bits per heavy atom. The monoisotopic (exact) mass is 310 g/mol. The quantitative estimate of drug-likeness (QED) is 0.779. The van der Waals surface area contributed by atoms with Crippen molar-refractivity contribution in [3.8, 4) is 6.07 Å². The van der Waals surface area contributed by atoms with Crippen LogP contribution in [0.5, 0.6) is 0 Å². The van der Waals surface area contributed by atoms with E-state index >= 15 is 0 Å². The van der Waals surface area contributed by atoms with E-state index in [0.29, 0.717) is 18.2 Å². The minimum absolute atomic E-state index is 0.0407. The number of hydrogen-bond acceptors (Lipinski definition) is 5. The molecule has 0 N–H and O–H groups in total. The zero-order chi connectivity index (χ0) is 15.5. The molecule has 1 heterocycles. The number of aromatic nitrogens is 3. The molecule has 0 amide bonds. The van der Waals surface area contributed by atoms with Gasteiger partial charge in [-0.1, -0.05) is 19.8 Å². The van der Waals surface area contributed by atoms with E-state index < -0.39 is 9.84 Å². The SMILES string of the molecule is Cc1nnc(S(=O)(=O)CCCC#N)n1C1CCCC(C)C1. The van der Waals surface area contributed by atoms with E-state index in [0.717, 1.165) is 19.3 Å². The lowest BCUT2D eigenvalue weighted by Crippen LogP contribution is -2.23. The van der Waals surface area contributed by atoms with Crippen LogP contribution in [0.25, 0.3) is 0 Å². The fourth-order valence-electron chi connectivity index (χ4n) is 3.05. The maximum Gasteiger partial charge on any atom is 0.249 e. The van der Waals surface area contributed by atoms with Crippen LogP contribution in [0.15, 0.2) is 5.16 Å². The zero-order valence-corrected chi connectivity index (χ0v) is 13.4. The Labute approximate surface area is 126 Å². The summed E-state index contributed by atoms with van der Waals surface area (Å²) in [6.45, 7) is 4.01. The van der Waals surface area contributed by atoms with Crippen molar-refractivity contribution in [2.24, 2.45) is 5.92 Å². The Hall–Kier alpha value is -1.42. The van der Waals surface area contributed by atoms with Gasteiger partial charge in [-0.3, -0.25) is 4.57 Å². The Morgan fingerprint density at radius 1 is 1.38 bits per heavy atom. The number of nitriles is 1. The highest BCUT2D eigenvalue weighted by molar-refractivity contribution is 7.91. The van der Waals surface area contributed by atoms with Gasteiger partial charge in [-0.05, 0) is 32.1 Å². The lowest BCUT2D eigenvalue weighted by molar-refractivity contribution is 0.267. The van der Waals surface area contributed by atoms with Gasteiger partial charge in [-0.25, -0.2) is 8.42 Å². The van der Waals surface area contributed by atoms with Crippen LogP contribution in [0, 0.1) is 24.2 Å². The van der Waals surface area contributed by atoms with Gasteiger partial charge in [0.15, 0.2) is 0 Å². The molecule has 1 fully saturated rings. The van der Waals surface area contributed by atoms with Gasteiger partial charge < -0.3 is 0 Å². The van der Waals surface area contributed by atoms with Crippen LogP contribution >= 0.6 is 0 Å². The average Bonchev–Trinajstić information content (AvgIpc) is 2.81. The van der Waals surface area contributed by atoms with Gasteiger partial charge in [-0.2, -0.15) is 5.26 Å². The highest BCUT2D eigenvalue weighted by Gasteiger charge is 2.29. The van der Waals surface area contributed by atoms with Crippen molar-refractivity contribution in [3.05, 3.63) is 5.82 Å². The molecular formula is C14H22N4O2S. The van der Waals surface area contributed by atoms with Crippen LogP contribution < -0.4 is 0 Å². The molecule has 0 radical (unpaired) electrons. The molecule has 7 heteroatoms. The van der Waals surface area contributed by atoms with Gasteiger partial charge in [0.2, 0.25) is 15.0 Å². The van der Waals surface area contributed by atoms with Crippen molar-refractivity contribution < 1.29 is 8.42 Å². The molecule has 2 rings (SSSR count). The number of sulfone groups is 1. The van der Waals surface area contributed by atoms with Crippen molar-refractivity contribution in [2.45, 2.75) is 63.6 Å². The summed E-state index contributed by atoms with van der Waals surface area (Å²) in [5.41, 5.74) is 0. The standard InChI is InChI=1S/C14H22N4O2S/c1-11-6-5-7-13(10-11)18-12(2)16-17-14(18)21(19,20)9-4-3-8-15/h11,13H,3-7,9-10H2,1-2H3. The lowest BCUT2D eigenvalue weighted by atomic mass is 9.87. The topological polar surface area (TPSA) is 88.6 Å². The average molecular weight is 310 g/mol. The molecule has 0 saturated heterocycles. The first-order valence-electron chi connectivity index (χ1n) is 7.47. The van der Waals surface area contributed by atoms with Gasteiger partial charge in [0, 0.05) is 12.5 Å². The second-order valence-corrected chi connectivity index (χ2v) is 7.91. The molecule has 0 aromatic carbocycles. The summed E-state index contributed by atoms with van der Waals surface area (Å²) in [4.78, 5) is 0. The molecule has 1 saturated carbocycles. The van der Waals surface area contributed by atoms with E-state index in [9.17, 15) is 8.42 Å². The van der Waals surface area contributed by atoms with E-state index in [2.05, 4.69) is 17.1 Å². The first kappa shape index (κ1) is 16.0. The summed E-state index contributed by atoms with van der Waals surface area (Å²) in [5, 5.41) is 16.5. The zero-order valence-electron chi connectivity index (χ0n) is 12.6. The third kappa shape index (κ3) is 3.62. The smallest absolute Gasteiger partial charge is 0.249 e. The number of unbranched alkanes of at least 4 members (excludes halogenated alkanes) is 1. The van der Waals surface area contributed by atoms with E-state index in [4.69, 9.17) is 5.26 Å². The minimum atomic E-state index is -3.47. The molecule has 0 aliphatic heterocycles. The van der Waals surface area contributed by atoms with Crippen LogP contribution in [0.1, 0.15) is 57.3 Å². The molecule has 1 aromatic heterocycles. The lowest BCUT2D eigenvalue weighted by Gasteiger charge is -2.29. The van der Waals surface area contributed by atoms with Crippen LogP contribution in [0.3, 0.4) is 0 Å². The fourth-order valence-corrected chi connectivity index (χ4v) is 4.50. The van der Waals surface area contributed by atoms with Gasteiger partial charge >= 0.3 is 0 Å². The number of nitrogens with zero attached hydrogens (tertiary/aromatic N) is 4. The van der Waals surface area contributed by atoms with Crippen molar-refractivity contribution in [1.82, 2.24) is 14.8 Å². The highest BCUT2D eigenvalue weighted by atomic mass is 32.2. The summed E-state index contributed by atoms with van der Waals surface area (Å²) in [5.74, 6) is 1.22. The molecule has 2 unspecified atom stereocenters. The predicted molar refractivity (Wildman–Crippen MR) is 78.3 cm³/mol. The van der Waals surface area contributed by atoms with Gasteiger partial charge in [0.25, 0.3) is 0 Å². The molecule has 1 aliphatic carbocycles. The Bertz CT molecular complexity index is 630. The van der Waals surface area contributed by atoms with Crippen LogP contribution in [0.4, 0.5) is 0 Å². The van der Waals surface area contributed by atoms with Crippen LogP contribution in [-0.2, 0) is 9.84 Å². The molecule has 6 nitrogen and oxygen atoms in total. The molecule has 0 spiro atoms. The second kappa shape index (κ2) is 6.56. The summed E-state index contributed by atoms with van der Waals surface area (Å²) in [6, 6.07) is 2.14. The molecule has 1 aliphatic rings. The maximum atomic E-state index is 12.4.